The quantitative estimate of drug-likeness (QED) is 0.820. The normalized spacial score (nSPS) is 17.8. The molecule has 1 fully saturated rings. The maximum atomic E-state index is 12.7. The number of ether oxygens (including phenoxy) is 2. The fourth-order valence-electron chi connectivity index (χ4n) is 2.86. The van der Waals surface area contributed by atoms with E-state index in [9.17, 15) is 14.7 Å². The minimum absolute atomic E-state index is 0.328. The summed E-state index contributed by atoms with van der Waals surface area (Å²) in [4.78, 5) is 26.4. The van der Waals surface area contributed by atoms with Crippen LogP contribution in [0.2, 0.25) is 0 Å². The standard InChI is InChI=1S/C19H27NO5/c1-19(2,3)25-16(22)13-24-18(23)17(14-7-5-4-6-8-14)20-11-9-15(21)10-12-20/h4-8,15,17,21H,9-13H2,1-3H3/t17-/m1/s1. The molecule has 0 radical (unpaired) electrons. The first-order valence-corrected chi connectivity index (χ1v) is 8.62. The molecule has 6 nitrogen and oxygen atoms in total. The molecule has 0 bridgehead atoms. The molecule has 138 valence electrons. The average Bonchev–Trinajstić information content (AvgIpc) is 2.54. The van der Waals surface area contributed by atoms with Crippen LogP contribution < -0.4 is 0 Å². The van der Waals surface area contributed by atoms with Crippen molar-refractivity contribution < 1.29 is 24.2 Å². The number of benzene rings is 1. The number of carbonyl (C=O) groups excluding carboxylic acids is 2. The Bertz CT molecular complexity index is 573. The number of hydrogen-bond acceptors (Lipinski definition) is 6. The highest BCUT2D eigenvalue weighted by atomic mass is 16.6. The van der Waals surface area contributed by atoms with E-state index < -0.39 is 30.2 Å². The number of piperidine rings is 1. The first-order valence-electron chi connectivity index (χ1n) is 8.62. The summed E-state index contributed by atoms with van der Waals surface area (Å²) in [6, 6.07) is 8.75. The Hall–Kier alpha value is -1.92. The van der Waals surface area contributed by atoms with E-state index in [1.165, 1.54) is 0 Å². The van der Waals surface area contributed by atoms with Gasteiger partial charge in [0.15, 0.2) is 6.61 Å². The number of likely N-dealkylation sites (tertiary alicyclic amines) is 1. The molecule has 25 heavy (non-hydrogen) atoms. The van der Waals surface area contributed by atoms with E-state index in [2.05, 4.69) is 0 Å². The summed E-state index contributed by atoms with van der Waals surface area (Å²) >= 11 is 0. The highest BCUT2D eigenvalue weighted by molar-refractivity contribution is 5.81. The van der Waals surface area contributed by atoms with E-state index in [1.54, 1.807) is 20.8 Å². The molecule has 0 aromatic heterocycles. The molecule has 1 aliphatic heterocycles. The summed E-state index contributed by atoms with van der Waals surface area (Å²) in [6.45, 7) is 6.08. The summed E-state index contributed by atoms with van der Waals surface area (Å²) in [6.07, 6.45) is 0.899. The van der Waals surface area contributed by atoms with Gasteiger partial charge in [-0.2, -0.15) is 0 Å². The van der Waals surface area contributed by atoms with Crippen LogP contribution in [0.4, 0.5) is 0 Å². The number of nitrogens with zero attached hydrogens (tertiary/aromatic N) is 1. The lowest BCUT2D eigenvalue weighted by Crippen LogP contribution is -2.42. The number of aliphatic hydroxyl groups excluding tert-OH is 1. The van der Waals surface area contributed by atoms with Gasteiger partial charge >= 0.3 is 11.9 Å². The second-order valence-corrected chi connectivity index (χ2v) is 7.27. The van der Waals surface area contributed by atoms with Gasteiger partial charge < -0.3 is 14.6 Å². The zero-order valence-corrected chi connectivity index (χ0v) is 15.1. The van der Waals surface area contributed by atoms with Gasteiger partial charge in [0, 0.05) is 13.1 Å². The molecule has 2 rings (SSSR count). The number of aliphatic hydroxyl groups is 1. The van der Waals surface area contributed by atoms with Gasteiger partial charge in [0.25, 0.3) is 0 Å². The Morgan fingerprint density at radius 3 is 2.36 bits per heavy atom. The monoisotopic (exact) mass is 349 g/mol. The Morgan fingerprint density at radius 1 is 1.20 bits per heavy atom. The summed E-state index contributed by atoms with van der Waals surface area (Å²) < 4.78 is 10.4. The summed E-state index contributed by atoms with van der Waals surface area (Å²) in [5.74, 6) is -1.05. The lowest BCUT2D eigenvalue weighted by Gasteiger charge is -2.35. The molecule has 1 saturated heterocycles. The van der Waals surface area contributed by atoms with E-state index in [4.69, 9.17) is 9.47 Å². The molecular weight excluding hydrogens is 322 g/mol. The molecule has 0 aliphatic carbocycles. The Kier molecular flexibility index (Phi) is 6.56. The SMILES string of the molecule is CC(C)(C)OC(=O)COC(=O)[C@@H](c1ccccc1)N1CCC(O)CC1. The van der Waals surface area contributed by atoms with Gasteiger partial charge in [-0.25, -0.2) is 9.59 Å². The van der Waals surface area contributed by atoms with Gasteiger partial charge in [-0.3, -0.25) is 4.90 Å². The van der Waals surface area contributed by atoms with Crippen LogP contribution in [0.1, 0.15) is 45.2 Å². The topological polar surface area (TPSA) is 76.1 Å². The minimum Gasteiger partial charge on any atom is -0.457 e. The van der Waals surface area contributed by atoms with Crippen molar-refractivity contribution in [3.8, 4) is 0 Å². The number of rotatable bonds is 5. The molecule has 0 unspecified atom stereocenters. The molecule has 6 heteroatoms. The van der Waals surface area contributed by atoms with Gasteiger partial charge in [-0.05, 0) is 39.2 Å². The van der Waals surface area contributed by atoms with Gasteiger partial charge in [0.05, 0.1) is 6.10 Å². The van der Waals surface area contributed by atoms with Gasteiger partial charge in [-0.15, -0.1) is 0 Å². The predicted octanol–water partition coefficient (Wildman–Crippen LogP) is 2.07. The van der Waals surface area contributed by atoms with Crippen LogP contribution in [0.15, 0.2) is 30.3 Å². The molecule has 1 heterocycles. The largest absolute Gasteiger partial charge is 0.457 e. The second-order valence-electron chi connectivity index (χ2n) is 7.27. The smallest absolute Gasteiger partial charge is 0.344 e. The summed E-state index contributed by atoms with van der Waals surface area (Å²) in [5, 5.41) is 9.70. The first-order chi connectivity index (χ1) is 11.8. The molecule has 1 aromatic carbocycles. The second kappa shape index (κ2) is 8.45. The van der Waals surface area contributed by atoms with Crippen molar-refractivity contribution in [2.45, 2.75) is 51.4 Å². The van der Waals surface area contributed by atoms with Crippen molar-refractivity contribution in [3.05, 3.63) is 35.9 Å². The third kappa shape index (κ3) is 6.14. The van der Waals surface area contributed by atoms with E-state index in [-0.39, 0.29) is 6.10 Å². The first kappa shape index (κ1) is 19.4. The maximum absolute atomic E-state index is 12.7. The predicted molar refractivity (Wildman–Crippen MR) is 92.8 cm³/mol. The molecular formula is C19H27NO5. The molecule has 0 amide bonds. The van der Waals surface area contributed by atoms with Crippen LogP contribution in [0, 0.1) is 0 Å². The van der Waals surface area contributed by atoms with Crippen molar-refractivity contribution in [2.24, 2.45) is 0 Å². The van der Waals surface area contributed by atoms with Crippen LogP contribution in [-0.4, -0.2) is 53.3 Å². The summed E-state index contributed by atoms with van der Waals surface area (Å²) in [5.41, 5.74) is 0.193. The molecule has 1 aromatic rings. The van der Waals surface area contributed by atoms with Gasteiger partial charge in [-0.1, -0.05) is 30.3 Å². The fraction of sp³-hybridized carbons (Fsp3) is 0.579. The lowest BCUT2D eigenvalue weighted by atomic mass is 10.0. The van der Waals surface area contributed by atoms with Crippen molar-refractivity contribution in [2.75, 3.05) is 19.7 Å². The Labute approximate surface area is 148 Å². The van der Waals surface area contributed by atoms with Crippen molar-refractivity contribution in [1.29, 1.82) is 0 Å². The minimum atomic E-state index is -0.620. The average molecular weight is 349 g/mol. The van der Waals surface area contributed by atoms with E-state index >= 15 is 0 Å². The Morgan fingerprint density at radius 2 is 1.80 bits per heavy atom. The van der Waals surface area contributed by atoms with Crippen LogP contribution in [-0.2, 0) is 19.1 Å². The van der Waals surface area contributed by atoms with E-state index in [1.807, 2.05) is 35.2 Å². The van der Waals surface area contributed by atoms with Crippen molar-refractivity contribution >= 4 is 11.9 Å². The molecule has 0 spiro atoms. The van der Waals surface area contributed by atoms with Gasteiger partial charge in [0.2, 0.25) is 0 Å². The molecule has 0 saturated carbocycles. The highest BCUT2D eigenvalue weighted by Gasteiger charge is 2.32. The highest BCUT2D eigenvalue weighted by Crippen LogP contribution is 2.26. The third-order valence-electron chi connectivity index (χ3n) is 3.96. The van der Waals surface area contributed by atoms with Crippen LogP contribution >= 0.6 is 0 Å². The van der Waals surface area contributed by atoms with Crippen LogP contribution in [0.5, 0.6) is 0 Å². The zero-order valence-electron chi connectivity index (χ0n) is 15.1. The third-order valence-corrected chi connectivity index (χ3v) is 3.96. The van der Waals surface area contributed by atoms with Crippen molar-refractivity contribution in [1.82, 2.24) is 4.90 Å². The molecule has 1 aliphatic rings. The maximum Gasteiger partial charge on any atom is 0.344 e. The molecule has 1 N–H and O–H groups in total. The number of carbonyl (C=O) groups is 2. The van der Waals surface area contributed by atoms with Gasteiger partial charge in [0.1, 0.15) is 11.6 Å². The zero-order chi connectivity index (χ0) is 18.4. The Balaban J connectivity index is 2.05. The number of hydrogen-bond donors (Lipinski definition) is 1. The summed E-state index contributed by atoms with van der Waals surface area (Å²) in [7, 11) is 0. The lowest BCUT2D eigenvalue weighted by molar-refractivity contribution is -0.169. The fourth-order valence-corrected chi connectivity index (χ4v) is 2.86. The van der Waals surface area contributed by atoms with E-state index in [0.717, 1.165) is 5.56 Å². The van der Waals surface area contributed by atoms with Crippen LogP contribution in [0.3, 0.4) is 0 Å². The van der Waals surface area contributed by atoms with Crippen LogP contribution in [0.25, 0.3) is 0 Å². The van der Waals surface area contributed by atoms with E-state index in [0.29, 0.717) is 25.9 Å². The molecule has 1 atom stereocenters. The number of esters is 2. The van der Waals surface area contributed by atoms with Crippen molar-refractivity contribution in [3.63, 3.8) is 0 Å².